The number of aromatic nitrogens is 1. The highest BCUT2D eigenvalue weighted by Crippen LogP contribution is 2.28. The number of alkyl carbamates (subject to hydrolysis) is 1. The molecule has 35 heavy (non-hydrogen) atoms. The number of carboxylic acid groups (broad SMARTS) is 1. The van der Waals surface area contributed by atoms with Gasteiger partial charge in [0.1, 0.15) is 12.6 Å². The average Bonchev–Trinajstić information content (AvgIpc) is 3.25. The Morgan fingerprint density at radius 2 is 1.74 bits per heavy atom. The number of ketones is 1. The van der Waals surface area contributed by atoms with E-state index in [1.807, 2.05) is 54.6 Å². The van der Waals surface area contributed by atoms with Crippen LogP contribution >= 0.6 is 11.3 Å². The van der Waals surface area contributed by atoms with E-state index in [1.165, 1.54) is 16.2 Å². The summed E-state index contributed by atoms with van der Waals surface area (Å²) in [5.74, 6) is -0.307. The number of benzene rings is 2. The van der Waals surface area contributed by atoms with Gasteiger partial charge in [-0.25, -0.2) is 14.6 Å². The number of carbonyl (C=O) groups is 3. The lowest BCUT2D eigenvalue weighted by molar-refractivity contribution is 0.0525. The van der Waals surface area contributed by atoms with Crippen LogP contribution in [0.4, 0.5) is 9.59 Å². The molecule has 0 aliphatic carbocycles. The summed E-state index contributed by atoms with van der Waals surface area (Å²) in [5, 5.41) is 12.9. The molecule has 1 heterocycles. The van der Waals surface area contributed by atoms with E-state index in [0.717, 1.165) is 15.8 Å². The monoisotopic (exact) mass is 497 g/mol. The van der Waals surface area contributed by atoms with E-state index < -0.39 is 23.8 Å². The summed E-state index contributed by atoms with van der Waals surface area (Å²) in [6.45, 7) is 5.85. The Kier molecular flexibility index (Phi) is 8.81. The molecule has 2 N–H and O–H groups in total. The molecule has 2 amide bonds. The van der Waals surface area contributed by atoms with Crippen molar-refractivity contribution in [2.75, 3.05) is 6.54 Å². The highest BCUT2D eigenvalue weighted by molar-refractivity contribution is 7.20. The Hall–Kier alpha value is -3.46. The third-order valence-corrected chi connectivity index (χ3v) is 6.49. The van der Waals surface area contributed by atoms with Gasteiger partial charge in [0, 0.05) is 12.1 Å². The molecular weight excluding hydrogens is 466 g/mol. The van der Waals surface area contributed by atoms with Gasteiger partial charge in [-0.15, -0.1) is 11.3 Å². The predicted octanol–water partition coefficient (Wildman–Crippen LogP) is 5.72. The fourth-order valence-electron chi connectivity index (χ4n) is 3.81. The van der Waals surface area contributed by atoms with Gasteiger partial charge in [0.15, 0.2) is 5.01 Å². The number of hydrogen-bond acceptors (Lipinski definition) is 6. The maximum atomic E-state index is 13.5. The van der Waals surface area contributed by atoms with Crippen molar-refractivity contribution >= 4 is 39.5 Å². The third kappa shape index (κ3) is 7.26. The Morgan fingerprint density at radius 1 is 1.06 bits per heavy atom. The highest BCUT2D eigenvalue weighted by atomic mass is 32.1. The number of unbranched alkanes of at least 4 members (excludes halogenated alkanes) is 1. The fourth-order valence-corrected chi connectivity index (χ4v) is 4.77. The van der Waals surface area contributed by atoms with Crippen LogP contribution < -0.4 is 5.32 Å². The Balaban J connectivity index is 1.60. The summed E-state index contributed by atoms with van der Waals surface area (Å²) in [5.41, 5.74) is 0.841. The van der Waals surface area contributed by atoms with Crippen LogP contribution in [0.15, 0.2) is 54.6 Å². The molecule has 0 spiro atoms. The quantitative estimate of drug-likeness (QED) is 0.274. The largest absolute Gasteiger partial charge is 0.465 e. The molecule has 8 nitrogen and oxygen atoms in total. The lowest BCUT2D eigenvalue weighted by Crippen LogP contribution is -2.54. The first-order valence-corrected chi connectivity index (χ1v) is 12.3. The van der Waals surface area contributed by atoms with Crippen molar-refractivity contribution in [1.29, 1.82) is 0 Å². The molecule has 186 valence electrons. The van der Waals surface area contributed by atoms with E-state index in [9.17, 15) is 19.5 Å². The number of rotatable bonds is 10. The van der Waals surface area contributed by atoms with Crippen molar-refractivity contribution < 1.29 is 24.2 Å². The second kappa shape index (κ2) is 11.8. The number of carbonyl (C=O) groups excluding carboxylic acids is 2. The second-order valence-corrected chi connectivity index (χ2v) is 10.2. The Bertz CT molecular complexity index is 1120. The van der Waals surface area contributed by atoms with E-state index in [4.69, 9.17) is 4.74 Å². The molecule has 2 aromatic carbocycles. The molecule has 9 heteroatoms. The minimum atomic E-state index is -1.15. The second-order valence-electron chi connectivity index (χ2n) is 9.17. The number of ether oxygens (including phenoxy) is 1. The van der Waals surface area contributed by atoms with E-state index in [2.05, 4.69) is 10.3 Å². The molecule has 0 saturated heterocycles. The molecule has 1 atom stereocenters. The van der Waals surface area contributed by atoms with E-state index >= 15 is 0 Å². The van der Waals surface area contributed by atoms with Gasteiger partial charge in [0.2, 0.25) is 5.78 Å². The van der Waals surface area contributed by atoms with Crippen molar-refractivity contribution in [3.05, 3.63) is 65.2 Å². The number of fused-ring (bicyclic) bond motifs is 1. The van der Waals surface area contributed by atoms with Gasteiger partial charge < -0.3 is 15.2 Å². The molecule has 0 saturated carbocycles. The van der Waals surface area contributed by atoms with E-state index in [-0.39, 0.29) is 12.4 Å². The first-order chi connectivity index (χ1) is 16.7. The summed E-state index contributed by atoms with van der Waals surface area (Å²) in [7, 11) is 0. The summed E-state index contributed by atoms with van der Waals surface area (Å²) < 4.78 is 6.08. The summed E-state index contributed by atoms with van der Waals surface area (Å²) in [6.07, 6.45) is -0.238. The molecule has 0 aliphatic heterocycles. The minimum Gasteiger partial charge on any atom is -0.465 e. The lowest BCUT2D eigenvalue weighted by Gasteiger charge is -2.38. The van der Waals surface area contributed by atoms with Crippen molar-refractivity contribution in [2.24, 2.45) is 0 Å². The van der Waals surface area contributed by atoms with E-state index in [0.29, 0.717) is 30.8 Å². The van der Waals surface area contributed by atoms with Crippen LogP contribution in [0.2, 0.25) is 0 Å². The zero-order valence-corrected chi connectivity index (χ0v) is 21.0. The predicted molar refractivity (Wildman–Crippen MR) is 136 cm³/mol. The standard InChI is InChI=1S/C26H31N3O5S/c1-26(2,3)29(25(32)33)20(22(30)23-28-19-13-7-8-15-21(19)35-23)14-9-10-16-27-24(31)34-17-18-11-5-4-6-12-18/h4-8,11-13,15,20H,9-10,14,16-17H2,1-3H3,(H,27,31)(H,32,33)/t20-/m1/s1. The maximum Gasteiger partial charge on any atom is 0.408 e. The van der Waals surface area contributed by atoms with Crippen molar-refractivity contribution in [3.8, 4) is 0 Å². The van der Waals surface area contributed by atoms with Gasteiger partial charge in [-0.05, 0) is 57.7 Å². The number of para-hydroxylation sites is 1. The van der Waals surface area contributed by atoms with Gasteiger partial charge in [-0.3, -0.25) is 9.69 Å². The molecule has 0 aliphatic rings. The van der Waals surface area contributed by atoms with Crippen LogP contribution in [0.25, 0.3) is 10.2 Å². The number of nitrogens with zero attached hydrogens (tertiary/aromatic N) is 2. The molecule has 0 bridgehead atoms. The molecule has 0 radical (unpaired) electrons. The maximum absolute atomic E-state index is 13.5. The van der Waals surface area contributed by atoms with Crippen LogP contribution in [0.3, 0.4) is 0 Å². The molecule has 3 aromatic rings. The first kappa shape index (κ1) is 26.2. The SMILES string of the molecule is CC(C)(C)N(C(=O)O)[C@H](CCCCNC(=O)OCc1ccccc1)C(=O)c1nc2ccccc2s1. The number of thiazole rings is 1. The minimum absolute atomic E-state index is 0.185. The smallest absolute Gasteiger partial charge is 0.408 e. The molecular formula is C26H31N3O5S. The van der Waals surface area contributed by atoms with Gasteiger partial charge >= 0.3 is 12.2 Å². The first-order valence-electron chi connectivity index (χ1n) is 11.5. The van der Waals surface area contributed by atoms with Gasteiger partial charge in [0.05, 0.1) is 10.2 Å². The number of nitrogens with one attached hydrogen (secondary N) is 1. The van der Waals surface area contributed by atoms with Gasteiger partial charge in [0.25, 0.3) is 0 Å². The van der Waals surface area contributed by atoms with E-state index in [1.54, 1.807) is 20.8 Å². The van der Waals surface area contributed by atoms with Crippen molar-refractivity contribution in [3.63, 3.8) is 0 Å². The number of hydrogen-bond donors (Lipinski definition) is 2. The third-order valence-electron chi connectivity index (χ3n) is 5.43. The van der Waals surface area contributed by atoms with Crippen LogP contribution in [-0.2, 0) is 11.3 Å². The lowest BCUT2D eigenvalue weighted by atomic mass is 9.97. The Morgan fingerprint density at radius 3 is 2.40 bits per heavy atom. The summed E-state index contributed by atoms with van der Waals surface area (Å²) in [4.78, 5) is 43.2. The van der Waals surface area contributed by atoms with Crippen LogP contribution in [-0.4, -0.2) is 51.1 Å². The topological polar surface area (TPSA) is 109 Å². The van der Waals surface area contributed by atoms with Crippen molar-refractivity contribution in [1.82, 2.24) is 15.2 Å². The van der Waals surface area contributed by atoms with Crippen LogP contribution in [0, 0.1) is 0 Å². The normalized spacial score (nSPS) is 12.2. The Labute approximate surface area is 208 Å². The zero-order chi connectivity index (χ0) is 25.4. The molecule has 0 fully saturated rings. The van der Waals surface area contributed by atoms with Gasteiger partial charge in [-0.2, -0.15) is 0 Å². The van der Waals surface area contributed by atoms with Crippen molar-refractivity contribution in [2.45, 2.75) is 58.2 Å². The molecule has 1 aromatic heterocycles. The molecule has 3 rings (SSSR count). The molecule has 0 unspecified atom stereocenters. The highest BCUT2D eigenvalue weighted by Gasteiger charge is 2.38. The summed E-state index contributed by atoms with van der Waals surface area (Å²) >= 11 is 1.27. The average molecular weight is 498 g/mol. The fraction of sp³-hybridized carbons (Fsp3) is 0.385. The zero-order valence-electron chi connectivity index (χ0n) is 20.2. The van der Waals surface area contributed by atoms with Crippen LogP contribution in [0.1, 0.15) is 55.4 Å². The number of Topliss-reactive ketones (excluding diaryl/α,β-unsaturated/α-hetero) is 1. The summed E-state index contributed by atoms with van der Waals surface area (Å²) in [6, 6.07) is 16.0. The van der Waals surface area contributed by atoms with Gasteiger partial charge in [-0.1, -0.05) is 42.5 Å². The van der Waals surface area contributed by atoms with Crippen LogP contribution in [0.5, 0.6) is 0 Å². The number of amides is 2.